The van der Waals surface area contributed by atoms with Gasteiger partial charge in [-0.15, -0.1) is 9.24 Å². The van der Waals surface area contributed by atoms with Gasteiger partial charge in [0.2, 0.25) is 0 Å². The molecular formula is C9H19P. The van der Waals surface area contributed by atoms with Crippen LogP contribution in [-0.2, 0) is 0 Å². The summed E-state index contributed by atoms with van der Waals surface area (Å²) in [5, 5.41) is 0. The lowest BCUT2D eigenvalue weighted by Crippen LogP contribution is -1.95. The Morgan fingerprint density at radius 2 is 1.10 bits per heavy atom. The molecule has 0 bridgehead atoms. The van der Waals surface area contributed by atoms with Gasteiger partial charge in [0.05, 0.1) is 0 Å². The van der Waals surface area contributed by atoms with Gasteiger partial charge in [-0.1, -0.05) is 38.5 Å². The normalized spacial score (nSPS) is 24.9. The molecule has 0 aromatic heterocycles. The second-order valence-electron chi connectivity index (χ2n) is 3.46. The van der Waals surface area contributed by atoms with E-state index in [0.29, 0.717) is 0 Å². The van der Waals surface area contributed by atoms with Gasteiger partial charge in [-0.3, -0.25) is 0 Å². The molecule has 0 aromatic rings. The van der Waals surface area contributed by atoms with E-state index in [0.717, 1.165) is 5.66 Å². The molecule has 0 heterocycles. The SMILES string of the molecule is PC1CCCCCCCC1. The van der Waals surface area contributed by atoms with E-state index in [2.05, 4.69) is 9.24 Å². The van der Waals surface area contributed by atoms with E-state index in [1.807, 2.05) is 0 Å². The van der Waals surface area contributed by atoms with E-state index in [1.165, 1.54) is 51.4 Å². The first kappa shape index (κ1) is 8.53. The van der Waals surface area contributed by atoms with Gasteiger partial charge in [-0.25, -0.2) is 0 Å². The monoisotopic (exact) mass is 158 g/mol. The molecule has 1 aliphatic rings. The summed E-state index contributed by atoms with van der Waals surface area (Å²) >= 11 is 0. The Morgan fingerprint density at radius 1 is 0.700 bits per heavy atom. The van der Waals surface area contributed by atoms with Crippen LogP contribution in [0, 0.1) is 0 Å². The van der Waals surface area contributed by atoms with Gasteiger partial charge in [0, 0.05) is 0 Å². The summed E-state index contributed by atoms with van der Waals surface area (Å²) in [5.41, 5.74) is 0.929. The van der Waals surface area contributed by atoms with Crippen LogP contribution in [0.5, 0.6) is 0 Å². The van der Waals surface area contributed by atoms with Gasteiger partial charge < -0.3 is 0 Å². The van der Waals surface area contributed by atoms with Crippen LogP contribution in [0.25, 0.3) is 0 Å². The minimum absolute atomic E-state index is 0.929. The second-order valence-corrected chi connectivity index (χ2v) is 4.40. The van der Waals surface area contributed by atoms with Crippen molar-refractivity contribution >= 4 is 9.24 Å². The molecule has 10 heavy (non-hydrogen) atoms. The van der Waals surface area contributed by atoms with Crippen LogP contribution in [0.4, 0.5) is 0 Å². The average Bonchev–Trinajstić information content (AvgIpc) is 2.02. The molecule has 1 unspecified atom stereocenters. The molecule has 1 aliphatic carbocycles. The van der Waals surface area contributed by atoms with E-state index in [1.54, 1.807) is 0 Å². The molecular weight excluding hydrogens is 139 g/mol. The highest BCUT2D eigenvalue weighted by Crippen LogP contribution is 2.21. The highest BCUT2D eigenvalue weighted by atomic mass is 31.0. The summed E-state index contributed by atoms with van der Waals surface area (Å²) in [6, 6.07) is 0. The minimum atomic E-state index is 0.929. The van der Waals surface area contributed by atoms with Crippen LogP contribution in [0.15, 0.2) is 0 Å². The summed E-state index contributed by atoms with van der Waals surface area (Å²) in [6.45, 7) is 0. The highest BCUT2D eigenvalue weighted by molar-refractivity contribution is 7.17. The van der Waals surface area contributed by atoms with Crippen LogP contribution in [-0.4, -0.2) is 5.66 Å². The second kappa shape index (κ2) is 5.13. The third-order valence-electron chi connectivity index (χ3n) is 2.40. The van der Waals surface area contributed by atoms with Gasteiger partial charge in [-0.2, -0.15) is 0 Å². The largest absolute Gasteiger partial charge is 0.134 e. The standard InChI is InChI=1S/C9H19P/c10-9-7-5-3-1-2-4-6-8-9/h9H,1-8,10H2. The molecule has 60 valence electrons. The van der Waals surface area contributed by atoms with Crippen molar-refractivity contribution in [3.8, 4) is 0 Å². The van der Waals surface area contributed by atoms with Crippen molar-refractivity contribution in [2.75, 3.05) is 0 Å². The minimum Gasteiger partial charge on any atom is -0.134 e. The predicted octanol–water partition coefficient (Wildman–Crippen LogP) is 3.36. The van der Waals surface area contributed by atoms with Crippen LogP contribution in [0.3, 0.4) is 0 Å². The van der Waals surface area contributed by atoms with Crippen molar-refractivity contribution < 1.29 is 0 Å². The fraction of sp³-hybridized carbons (Fsp3) is 1.00. The van der Waals surface area contributed by atoms with Crippen molar-refractivity contribution in [1.29, 1.82) is 0 Å². The maximum Gasteiger partial charge on any atom is -0.0264 e. The molecule has 0 radical (unpaired) electrons. The first-order chi connectivity index (χ1) is 4.89. The molecule has 1 fully saturated rings. The van der Waals surface area contributed by atoms with Gasteiger partial charge in [-0.05, 0) is 18.5 Å². The van der Waals surface area contributed by atoms with Crippen LogP contribution < -0.4 is 0 Å². The lowest BCUT2D eigenvalue weighted by atomic mass is 10.1. The molecule has 0 spiro atoms. The van der Waals surface area contributed by atoms with E-state index in [4.69, 9.17) is 0 Å². The maximum atomic E-state index is 2.99. The summed E-state index contributed by atoms with van der Waals surface area (Å²) in [5.74, 6) is 0. The molecule has 0 amide bonds. The van der Waals surface area contributed by atoms with Crippen LogP contribution >= 0.6 is 9.24 Å². The zero-order valence-electron chi connectivity index (χ0n) is 6.81. The van der Waals surface area contributed by atoms with E-state index < -0.39 is 0 Å². The molecule has 1 saturated carbocycles. The highest BCUT2D eigenvalue weighted by Gasteiger charge is 2.04. The molecule has 0 N–H and O–H groups in total. The van der Waals surface area contributed by atoms with Crippen molar-refractivity contribution in [1.82, 2.24) is 0 Å². The van der Waals surface area contributed by atoms with E-state index in [9.17, 15) is 0 Å². The van der Waals surface area contributed by atoms with Crippen LogP contribution in [0.1, 0.15) is 51.4 Å². The predicted molar refractivity (Wildman–Crippen MR) is 50.4 cm³/mol. The van der Waals surface area contributed by atoms with Crippen molar-refractivity contribution in [2.45, 2.75) is 57.0 Å². The zero-order valence-corrected chi connectivity index (χ0v) is 7.97. The molecule has 1 rings (SSSR count). The third-order valence-corrected chi connectivity index (χ3v) is 3.07. The summed E-state index contributed by atoms with van der Waals surface area (Å²) in [7, 11) is 2.99. The molecule has 0 saturated heterocycles. The molecule has 1 atom stereocenters. The Balaban J connectivity index is 2.15. The van der Waals surface area contributed by atoms with Gasteiger partial charge in [0.15, 0.2) is 0 Å². The number of hydrogen-bond acceptors (Lipinski definition) is 0. The lowest BCUT2D eigenvalue weighted by molar-refractivity contribution is 0.624. The average molecular weight is 158 g/mol. The maximum absolute atomic E-state index is 2.99. The van der Waals surface area contributed by atoms with Gasteiger partial charge in [0.1, 0.15) is 0 Å². The molecule has 0 nitrogen and oxygen atoms in total. The Labute approximate surface area is 67.0 Å². The first-order valence-corrected chi connectivity index (χ1v) is 5.32. The van der Waals surface area contributed by atoms with Crippen molar-refractivity contribution in [2.24, 2.45) is 0 Å². The quantitative estimate of drug-likeness (QED) is 0.474. The smallest absolute Gasteiger partial charge is 0.0264 e. The van der Waals surface area contributed by atoms with Crippen molar-refractivity contribution in [3.05, 3.63) is 0 Å². The fourth-order valence-corrected chi connectivity index (χ4v) is 2.14. The summed E-state index contributed by atoms with van der Waals surface area (Å²) < 4.78 is 0. The van der Waals surface area contributed by atoms with Crippen molar-refractivity contribution in [3.63, 3.8) is 0 Å². The topological polar surface area (TPSA) is 0 Å². The Morgan fingerprint density at radius 3 is 1.60 bits per heavy atom. The molecule has 0 aromatic carbocycles. The summed E-state index contributed by atoms with van der Waals surface area (Å²) in [6.07, 6.45) is 11.8. The third kappa shape index (κ3) is 3.56. The fourth-order valence-electron chi connectivity index (χ4n) is 1.66. The Kier molecular flexibility index (Phi) is 4.37. The molecule has 0 aliphatic heterocycles. The van der Waals surface area contributed by atoms with Crippen LogP contribution in [0.2, 0.25) is 0 Å². The molecule has 1 heteroatoms. The number of hydrogen-bond donors (Lipinski definition) is 0. The van der Waals surface area contributed by atoms with Gasteiger partial charge in [0.25, 0.3) is 0 Å². The Hall–Kier alpha value is 0.430. The lowest BCUT2D eigenvalue weighted by Gasteiger charge is -2.07. The summed E-state index contributed by atoms with van der Waals surface area (Å²) in [4.78, 5) is 0. The number of rotatable bonds is 0. The first-order valence-electron chi connectivity index (χ1n) is 4.65. The van der Waals surface area contributed by atoms with Gasteiger partial charge >= 0.3 is 0 Å². The zero-order chi connectivity index (χ0) is 7.23. The Bertz CT molecular complexity index is 70.8. The van der Waals surface area contributed by atoms with E-state index >= 15 is 0 Å². The van der Waals surface area contributed by atoms with E-state index in [-0.39, 0.29) is 0 Å².